The lowest BCUT2D eigenvalue weighted by Gasteiger charge is -2.30. The Balaban J connectivity index is 1.81. The third kappa shape index (κ3) is 2.52. The molecular weight excluding hydrogens is 232 g/mol. The summed E-state index contributed by atoms with van der Waals surface area (Å²) < 4.78 is 0. The molecule has 1 unspecified atom stereocenters. The minimum absolute atomic E-state index is 0.131. The van der Waals surface area contributed by atoms with Crippen molar-refractivity contribution in [2.24, 2.45) is 5.41 Å². The van der Waals surface area contributed by atoms with E-state index < -0.39 is 0 Å². The Hall–Kier alpha value is -1.34. The van der Waals surface area contributed by atoms with E-state index in [0.29, 0.717) is 0 Å². The Morgan fingerprint density at radius 3 is 2.47 bits per heavy atom. The number of fused-ring (bicyclic) bond motifs is 1. The summed E-state index contributed by atoms with van der Waals surface area (Å²) in [6, 6.07) is 14.9. The van der Waals surface area contributed by atoms with Crippen LogP contribution in [0.2, 0.25) is 0 Å². The number of hydrogen-bond donors (Lipinski definition) is 1. The topological polar surface area (TPSA) is 20.2 Å². The monoisotopic (exact) mass is 254 g/mol. The zero-order chi connectivity index (χ0) is 13.3. The van der Waals surface area contributed by atoms with Crippen molar-refractivity contribution in [1.82, 2.24) is 0 Å². The lowest BCUT2D eigenvalue weighted by molar-refractivity contribution is 0.0424. The van der Waals surface area contributed by atoms with Crippen LogP contribution in [0.1, 0.15) is 38.2 Å². The van der Waals surface area contributed by atoms with Crippen molar-refractivity contribution in [3.05, 3.63) is 48.0 Å². The van der Waals surface area contributed by atoms with Gasteiger partial charge < -0.3 is 5.11 Å². The molecule has 19 heavy (non-hydrogen) atoms. The third-order valence-electron chi connectivity index (χ3n) is 4.79. The maximum atomic E-state index is 10.5. The SMILES string of the molecule is CC1(C(O)Cc2ccc3ccccc3c2)CCCC1. The quantitative estimate of drug-likeness (QED) is 0.864. The fourth-order valence-electron chi connectivity index (χ4n) is 3.35. The predicted molar refractivity (Wildman–Crippen MR) is 80.2 cm³/mol. The normalized spacial score (nSPS) is 19.7. The molecule has 1 nitrogen and oxygen atoms in total. The summed E-state index contributed by atoms with van der Waals surface area (Å²) in [7, 11) is 0. The zero-order valence-corrected chi connectivity index (χ0v) is 11.6. The van der Waals surface area contributed by atoms with Gasteiger partial charge in [-0.1, -0.05) is 62.2 Å². The summed E-state index contributed by atoms with van der Waals surface area (Å²) in [6.45, 7) is 2.24. The van der Waals surface area contributed by atoms with Crippen LogP contribution in [0, 0.1) is 5.41 Å². The Morgan fingerprint density at radius 2 is 1.74 bits per heavy atom. The molecular formula is C18H22O. The molecule has 1 saturated carbocycles. The maximum absolute atomic E-state index is 10.5. The molecule has 0 spiro atoms. The minimum atomic E-state index is -0.212. The van der Waals surface area contributed by atoms with Crippen molar-refractivity contribution in [2.75, 3.05) is 0 Å². The highest BCUT2D eigenvalue weighted by molar-refractivity contribution is 5.82. The van der Waals surface area contributed by atoms with Crippen LogP contribution in [0.5, 0.6) is 0 Å². The Labute approximate surface area is 115 Å². The molecule has 0 radical (unpaired) electrons. The summed E-state index contributed by atoms with van der Waals surface area (Å²) in [6.07, 6.45) is 5.44. The average molecular weight is 254 g/mol. The molecule has 1 aliphatic carbocycles. The Morgan fingerprint density at radius 1 is 1.05 bits per heavy atom. The van der Waals surface area contributed by atoms with Crippen LogP contribution in [-0.4, -0.2) is 11.2 Å². The van der Waals surface area contributed by atoms with Crippen LogP contribution in [0.3, 0.4) is 0 Å². The van der Waals surface area contributed by atoms with Gasteiger partial charge in [-0.3, -0.25) is 0 Å². The number of aliphatic hydroxyl groups is 1. The first-order valence-electron chi connectivity index (χ1n) is 7.33. The van der Waals surface area contributed by atoms with E-state index in [4.69, 9.17) is 0 Å². The first-order chi connectivity index (χ1) is 9.17. The molecule has 100 valence electrons. The van der Waals surface area contributed by atoms with Crippen LogP contribution in [-0.2, 0) is 6.42 Å². The smallest absolute Gasteiger partial charge is 0.0634 e. The lowest BCUT2D eigenvalue weighted by Crippen LogP contribution is -2.31. The average Bonchev–Trinajstić information content (AvgIpc) is 2.87. The van der Waals surface area contributed by atoms with Crippen LogP contribution in [0.4, 0.5) is 0 Å². The third-order valence-corrected chi connectivity index (χ3v) is 4.79. The van der Waals surface area contributed by atoms with Gasteiger partial charge in [0, 0.05) is 0 Å². The van der Waals surface area contributed by atoms with Gasteiger partial charge in [0.1, 0.15) is 0 Å². The van der Waals surface area contributed by atoms with Crippen LogP contribution >= 0.6 is 0 Å². The van der Waals surface area contributed by atoms with Crippen LogP contribution < -0.4 is 0 Å². The van der Waals surface area contributed by atoms with Crippen molar-refractivity contribution in [3.8, 4) is 0 Å². The summed E-state index contributed by atoms with van der Waals surface area (Å²) in [5, 5.41) is 13.1. The second-order valence-electron chi connectivity index (χ2n) is 6.26. The number of aliphatic hydroxyl groups excluding tert-OH is 1. The molecule has 0 aromatic heterocycles. The zero-order valence-electron chi connectivity index (χ0n) is 11.6. The molecule has 0 saturated heterocycles. The summed E-state index contributed by atoms with van der Waals surface area (Å²) >= 11 is 0. The molecule has 0 amide bonds. The highest BCUT2D eigenvalue weighted by atomic mass is 16.3. The molecule has 1 N–H and O–H groups in total. The molecule has 2 aromatic carbocycles. The largest absolute Gasteiger partial charge is 0.392 e. The Bertz CT molecular complexity index is 567. The van der Waals surface area contributed by atoms with Gasteiger partial charge in [-0.05, 0) is 41.0 Å². The summed E-state index contributed by atoms with van der Waals surface area (Å²) in [4.78, 5) is 0. The van der Waals surface area contributed by atoms with E-state index in [9.17, 15) is 5.11 Å². The highest BCUT2D eigenvalue weighted by Gasteiger charge is 2.35. The number of rotatable bonds is 3. The van der Waals surface area contributed by atoms with E-state index >= 15 is 0 Å². The molecule has 2 aromatic rings. The first kappa shape index (κ1) is 12.7. The van der Waals surface area contributed by atoms with E-state index in [0.717, 1.165) is 6.42 Å². The molecule has 1 fully saturated rings. The van der Waals surface area contributed by atoms with Crippen LogP contribution in [0.15, 0.2) is 42.5 Å². The van der Waals surface area contributed by atoms with Gasteiger partial charge in [-0.2, -0.15) is 0 Å². The van der Waals surface area contributed by atoms with Crippen LogP contribution in [0.25, 0.3) is 10.8 Å². The second kappa shape index (κ2) is 4.97. The van der Waals surface area contributed by atoms with E-state index in [2.05, 4.69) is 49.4 Å². The van der Waals surface area contributed by atoms with Gasteiger partial charge >= 0.3 is 0 Å². The van der Waals surface area contributed by atoms with Gasteiger partial charge in [0.05, 0.1) is 6.10 Å². The van der Waals surface area contributed by atoms with E-state index in [1.54, 1.807) is 0 Å². The fourth-order valence-corrected chi connectivity index (χ4v) is 3.35. The van der Waals surface area contributed by atoms with Gasteiger partial charge in [-0.15, -0.1) is 0 Å². The summed E-state index contributed by atoms with van der Waals surface area (Å²) in [5.41, 5.74) is 1.38. The Kier molecular flexibility index (Phi) is 3.32. The van der Waals surface area contributed by atoms with Gasteiger partial charge in [-0.25, -0.2) is 0 Å². The molecule has 3 rings (SSSR count). The second-order valence-corrected chi connectivity index (χ2v) is 6.26. The van der Waals surface area contributed by atoms with E-state index in [1.807, 2.05) is 0 Å². The molecule has 0 aliphatic heterocycles. The standard InChI is InChI=1S/C18H22O/c1-18(10-4-5-11-18)17(19)13-14-8-9-15-6-2-3-7-16(15)12-14/h2-3,6-9,12,17,19H,4-5,10-11,13H2,1H3. The molecule has 0 heterocycles. The molecule has 1 aliphatic rings. The fraction of sp³-hybridized carbons (Fsp3) is 0.444. The summed E-state index contributed by atoms with van der Waals surface area (Å²) in [5.74, 6) is 0. The van der Waals surface area contributed by atoms with Gasteiger partial charge in [0.25, 0.3) is 0 Å². The molecule has 0 bridgehead atoms. The van der Waals surface area contributed by atoms with Gasteiger partial charge in [0.15, 0.2) is 0 Å². The van der Waals surface area contributed by atoms with Crippen molar-refractivity contribution in [1.29, 1.82) is 0 Å². The predicted octanol–water partition coefficient (Wildman–Crippen LogP) is 4.32. The number of benzene rings is 2. The van der Waals surface area contributed by atoms with Crippen molar-refractivity contribution in [3.63, 3.8) is 0 Å². The minimum Gasteiger partial charge on any atom is -0.392 e. The van der Waals surface area contributed by atoms with E-state index in [1.165, 1.54) is 42.0 Å². The first-order valence-corrected chi connectivity index (χ1v) is 7.33. The van der Waals surface area contributed by atoms with Crippen molar-refractivity contribution < 1.29 is 5.11 Å². The molecule has 1 atom stereocenters. The number of hydrogen-bond acceptors (Lipinski definition) is 1. The maximum Gasteiger partial charge on any atom is 0.0634 e. The lowest BCUT2D eigenvalue weighted by atomic mass is 9.80. The highest BCUT2D eigenvalue weighted by Crippen LogP contribution is 2.41. The van der Waals surface area contributed by atoms with Crippen molar-refractivity contribution in [2.45, 2.75) is 45.1 Å². The van der Waals surface area contributed by atoms with Gasteiger partial charge in [0.2, 0.25) is 0 Å². The van der Waals surface area contributed by atoms with Crippen molar-refractivity contribution >= 4 is 10.8 Å². The molecule has 1 heteroatoms. The van der Waals surface area contributed by atoms with E-state index in [-0.39, 0.29) is 11.5 Å².